The summed E-state index contributed by atoms with van der Waals surface area (Å²) in [7, 11) is 0. The molecule has 1 heterocycles. The summed E-state index contributed by atoms with van der Waals surface area (Å²) in [4.78, 5) is 7.18. The van der Waals surface area contributed by atoms with Crippen LogP contribution in [-0.2, 0) is 17.9 Å². The van der Waals surface area contributed by atoms with E-state index in [2.05, 4.69) is 46.7 Å². The van der Waals surface area contributed by atoms with Crippen LogP contribution in [0.15, 0.2) is 59.6 Å². The summed E-state index contributed by atoms with van der Waals surface area (Å²) < 4.78 is 11.2. The fourth-order valence-electron chi connectivity index (χ4n) is 3.27. The molecule has 0 bridgehead atoms. The number of guanidine groups is 1. The topological polar surface area (TPSA) is 58.1 Å². The van der Waals surface area contributed by atoms with Crippen molar-refractivity contribution in [2.45, 2.75) is 26.5 Å². The Labute approximate surface area is 203 Å². The number of nitrogens with one attached hydrogen (secondary N) is 2. The highest BCUT2D eigenvalue weighted by atomic mass is 127. The van der Waals surface area contributed by atoms with E-state index >= 15 is 0 Å². The molecule has 0 aromatic heterocycles. The molecule has 0 aliphatic carbocycles. The Morgan fingerprint density at radius 2 is 1.71 bits per heavy atom. The van der Waals surface area contributed by atoms with Crippen LogP contribution in [0.4, 0.5) is 0 Å². The zero-order chi connectivity index (χ0) is 20.9. The van der Waals surface area contributed by atoms with Crippen molar-refractivity contribution in [1.82, 2.24) is 15.5 Å². The predicted molar refractivity (Wildman–Crippen MR) is 137 cm³/mol. The lowest BCUT2D eigenvalue weighted by Crippen LogP contribution is -2.40. The Kier molecular flexibility index (Phi) is 12.3. The van der Waals surface area contributed by atoms with Crippen LogP contribution in [0.2, 0.25) is 0 Å². The maximum atomic E-state index is 5.80. The molecule has 7 heteroatoms. The van der Waals surface area contributed by atoms with Crippen LogP contribution in [-0.4, -0.2) is 56.8 Å². The number of morpholine rings is 1. The van der Waals surface area contributed by atoms with Crippen molar-refractivity contribution in [3.63, 3.8) is 0 Å². The summed E-state index contributed by atoms with van der Waals surface area (Å²) >= 11 is 0. The van der Waals surface area contributed by atoms with Gasteiger partial charge in [-0.3, -0.25) is 4.90 Å². The second kappa shape index (κ2) is 15.0. The minimum Gasteiger partial charge on any atom is -0.489 e. The average Bonchev–Trinajstić information content (AvgIpc) is 2.81. The molecule has 0 saturated carbocycles. The Morgan fingerprint density at radius 3 is 2.42 bits per heavy atom. The molecule has 0 amide bonds. The number of hydrogen-bond donors (Lipinski definition) is 2. The summed E-state index contributed by atoms with van der Waals surface area (Å²) in [6, 6.07) is 18.3. The van der Waals surface area contributed by atoms with Crippen LogP contribution in [0, 0.1) is 0 Å². The minimum absolute atomic E-state index is 0. The van der Waals surface area contributed by atoms with E-state index in [4.69, 9.17) is 14.5 Å². The molecule has 3 rings (SSSR count). The fraction of sp³-hybridized carbons (Fsp3) is 0.458. The lowest BCUT2D eigenvalue weighted by atomic mass is 10.1. The van der Waals surface area contributed by atoms with Gasteiger partial charge in [0.2, 0.25) is 0 Å². The van der Waals surface area contributed by atoms with Gasteiger partial charge in [-0.05, 0) is 43.1 Å². The first-order chi connectivity index (χ1) is 14.8. The zero-order valence-electron chi connectivity index (χ0n) is 18.4. The maximum Gasteiger partial charge on any atom is 0.191 e. The van der Waals surface area contributed by atoms with Crippen molar-refractivity contribution in [2.24, 2.45) is 4.99 Å². The molecule has 0 radical (unpaired) electrons. The molecule has 1 saturated heterocycles. The molecular formula is C24H35IN4O2. The molecule has 2 N–H and O–H groups in total. The molecule has 2 aromatic rings. The first-order valence-electron chi connectivity index (χ1n) is 10.9. The zero-order valence-corrected chi connectivity index (χ0v) is 20.7. The van der Waals surface area contributed by atoms with Crippen LogP contribution in [0.5, 0.6) is 5.75 Å². The average molecular weight is 538 g/mol. The van der Waals surface area contributed by atoms with E-state index < -0.39 is 0 Å². The highest BCUT2D eigenvalue weighted by Crippen LogP contribution is 2.12. The molecule has 1 aliphatic heterocycles. The van der Waals surface area contributed by atoms with E-state index in [0.717, 1.165) is 69.6 Å². The molecule has 0 spiro atoms. The Hall–Kier alpha value is -1.84. The second-order valence-electron chi connectivity index (χ2n) is 7.35. The van der Waals surface area contributed by atoms with Crippen molar-refractivity contribution in [2.75, 3.05) is 45.9 Å². The molecule has 170 valence electrons. The van der Waals surface area contributed by atoms with Crippen LogP contribution in [0.3, 0.4) is 0 Å². The SMILES string of the molecule is CCNC(=NCc1ccc(COc2ccccc2)cc1)NCCCN1CCOCC1.I. The Morgan fingerprint density at radius 1 is 1.00 bits per heavy atom. The largest absolute Gasteiger partial charge is 0.489 e. The molecule has 1 aliphatic rings. The summed E-state index contributed by atoms with van der Waals surface area (Å²) in [6.45, 7) is 9.97. The molecule has 0 atom stereocenters. The smallest absolute Gasteiger partial charge is 0.191 e. The van der Waals surface area contributed by atoms with Gasteiger partial charge in [0.15, 0.2) is 5.96 Å². The predicted octanol–water partition coefficient (Wildman–Crippen LogP) is 3.66. The van der Waals surface area contributed by atoms with E-state index in [1.165, 1.54) is 5.56 Å². The van der Waals surface area contributed by atoms with Crippen LogP contribution >= 0.6 is 24.0 Å². The molecule has 31 heavy (non-hydrogen) atoms. The maximum absolute atomic E-state index is 5.80. The number of para-hydroxylation sites is 1. The van der Waals surface area contributed by atoms with Crippen molar-refractivity contribution >= 4 is 29.9 Å². The van der Waals surface area contributed by atoms with Gasteiger partial charge in [-0.1, -0.05) is 42.5 Å². The van der Waals surface area contributed by atoms with Crippen molar-refractivity contribution in [3.8, 4) is 5.75 Å². The minimum atomic E-state index is 0. The normalized spacial score (nSPS) is 14.5. The first kappa shape index (κ1) is 25.4. The number of rotatable bonds is 10. The summed E-state index contributed by atoms with van der Waals surface area (Å²) in [5.74, 6) is 1.76. The molecule has 6 nitrogen and oxygen atoms in total. The van der Waals surface area contributed by atoms with E-state index in [0.29, 0.717) is 13.2 Å². The number of hydrogen-bond acceptors (Lipinski definition) is 4. The Balaban J connectivity index is 0.00000341. The third kappa shape index (κ3) is 9.88. The highest BCUT2D eigenvalue weighted by Gasteiger charge is 2.09. The number of halogens is 1. The fourth-order valence-corrected chi connectivity index (χ4v) is 3.27. The van der Waals surface area contributed by atoms with Gasteiger partial charge in [-0.25, -0.2) is 4.99 Å². The van der Waals surface area contributed by atoms with Gasteiger partial charge >= 0.3 is 0 Å². The van der Waals surface area contributed by atoms with E-state index in [9.17, 15) is 0 Å². The third-order valence-electron chi connectivity index (χ3n) is 4.98. The van der Waals surface area contributed by atoms with Gasteiger partial charge < -0.3 is 20.1 Å². The first-order valence-corrected chi connectivity index (χ1v) is 10.9. The quantitative estimate of drug-likeness (QED) is 0.209. The standard InChI is InChI=1S/C24H34N4O2.HI/c1-2-25-24(26-13-6-14-28-15-17-29-18-16-28)27-19-21-9-11-22(12-10-21)20-30-23-7-4-3-5-8-23;/h3-5,7-12H,2,6,13-20H2,1H3,(H2,25,26,27);1H. The van der Waals surface area contributed by atoms with E-state index in [1.807, 2.05) is 30.3 Å². The summed E-state index contributed by atoms with van der Waals surface area (Å²) in [6.07, 6.45) is 1.10. The van der Waals surface area contributed by atoms with Crippen LogP contribution in [0.1, 0.15) is 24.5 Å². The number of ether oxygens (including phenoxy) is 2. The van der Waals surface area contributed by atoms with E-state index in [1.54, 1.807) is 0 Å². The van der Waals surface area contributed by atoms with Gasteiger partial charge in [-0.2, -0.15) is 0 Å². The monoisotopic (exact) mass is 538 g/mol. The van der Waals surface area contributed by atoms with Crippen LogP contribution in [0.25, 0.3) is 0 Å². The van der Waals surface area contributed by atoms with Crippen molar-refractivity contribution in [1.29, 1.82) is 0 Å². The molecule has 0 unspecified atom stereocenters. The van der Waals surface area contributed by atoms with Gasteiger partial charge in [0.25, 0.3) is 0 Å². The van der Waals surface area contributed by atoms with Crippen molar-refractivity contribution in [3.05, 3.63) is 65.7 Å². The Bertz CT molecular complexity index is 750. The van der Waals surface area contributed by atoms with Crippen molar-refractivity contribution < 1.29 is 9.47 Å². The van der Waals surface area contributed by atoms with Gasteiger partial charge in [0.1, 0.15) is 12.4 Å². The lowest BCUT2D eigenvalue weighted by Gasteiger charge is -2.26. The number of nitrogens with zero attached hydrogens (tertiary/aromatic N) is 2. The van der Waals surface area contributed by atoms with Gasteiger partial charge in [-0.15, -0.1) is 24.0 Å². The van der Waals surface area contributed by atoms with Gasteiger partial charge in [0, 0.05) is 26.2 Å². The molecule has 2 aromatic carbocycles. The van der Waals surface area contributed by atoms with Gasteiger partial charge in [0.05, 0.1) is 19.8 Å². The van der Waals surface area contributed by atoms with Crippen LogP contribution < -0.4 is 15.4 Å². The third-order valence-corrected chi connectivity index (χ3v) is 4.98. The second-order valence-corrected chi connectivity index (χ2v) is 7.35. The summed E-state index contributed by atoms with van der Waals surface area (Å²) in [5, 5.41) is 6.77. The molecule has 1 fully saturated rings. The highest BCUT2D eigenvalue weighted by molar-refractivity contribution is 14.0. The van der Waals surface area contributed by atoms with E-state index in [-0.39, 0.29) is 24.0 Å². The lowest BCUT2D eigenvalue weighted by molar-refractivity contribution is 0.0376. The summed E-state index contributed by atoms with van der Waals surface area (Å²) in [5.41, 5.74) is 2.34. The number of aliphatic imine (C=N–C) groups is 1. The number of benzene rings is 2. The molecular weight excluding hydrogens is 503 g/mol.